The zero-order chi connectivity index (χ0) is 27.1. The second-order valence-corrected chi connectivity index (χ2v) is 11.1. The molecule has 2 heterocycles. The van der Waals surface area contributed by atoms with Gasteiger partial charge in [-0.3, -0.25) is 14.4 Å². The predicted molar refractivity (Wildman–Crippen MR) is 153 cm³/mol. The van der Waals surface area contributed by atoms with E-state index in [9.17, 15) is 14.4 Å². The maximum Gasteiger partial charge on any atom is 0.246 e. The van der Waals surface area contributed by atoms with Crippen molar-refractivity contribution in [2.45, 2.75) is 56.7 Å². The highest BCUT2D eigenvalue weighted by atomic mass is 32.1. The van der Waals surface area contributed by atoms with Gasteiger partial charge in [-0.1, -0.05) is 48.5 Å². The number of nitrogens with one attached hydrogen (secondary N) is 2. The molecule has 0 aliphatic carbocycles. The van der Waals surface area contributed by atoms with Crippen LogP contribution < -0.4 is 10.6 Å². The largest absolute Gasteiger partial charge is 0.357 e. The minimum Gasteiger partial charge on any atom is -0.357 e. The molecular formula is C30H38N4O3S. The number of benzene rings is 2. The summed E-state index contributed by atoms with van der Waals surface area (Å²) in [5.41, 5.74) is 0.974. The van der Waals surface area contributed by atoms with Gasteiger partial charge < -0.3 is 20.4 Å². The Bertz CT molecular complexity index is 1240. The van der Waals surface area contributed by atoms with Crippen LogP contribution in [0.1, 0.15) is 36.1 Å². The molecule has 1 fully saturated rings. The summed E-state index contributed by atoms with van der Waals surface area (Å²) in [6, 6.07) is 17.1. The van der Waals surface area contributed by atoms with E-state index in [0.717, 1.165) is 47.0 Å². The number of carbonyl (C=O) groups excluding carboxylic acids is 3. The quantitative estimate of drug-likeness (QED) is 0.394. The molecule has 2 N–H and O–H groups in total. The summed E-state index contributed by atoms with van der Waals surface area (Å²) in [5.74, 6) is -0.515. The van der Waals surface area contributed by atoms with E-state index in [4.69, 9.17) is 0 Å². The third kappa shape index (κ3) is 6.79. The van der Waals surface area contributed by atoms with Crippen LogP contribution in [-0.2, 0) is 27.2 Å². The van der Waals surface area contributed by atoms with Crippen LogP contribution in [0.25, 0.3) is 10.8 Å². The first-order valence-corrected chi connectivity index (χ1v) is 14.2. The van der Waals surface area contributed by atoms with Crippen LogP contribution in [0.4, 0.5) is 0 Å². The molecule has 0 radical (unpaired) electrons. The molecule has 38 heavy (non-hydrogen) atoms. The van der Waals surface area contributed by atoms with Crippen LogP contribution in [0.2, 0.25) is 0 Å². The monoisotopic (exact) mass is 534 g/mol. The summed E-state index contributed by atoms with van der Waals surface area (Å²) in [4.78, 5) is 44.4. The van der Waals surface area contributed by atoms with Crippen molar-refractivity contribution in [1.29, 1.82) is 0 Å². The molecule has 3 atom stereocenters. The Morgan fingerprint density at radius 3 is 2.47 bits per heavy atom. The molecule has 4 rings (SSSR count). The molecule has 0 spiro atoms. The van der Waals surface area contributed by atoms with Gasteiger partial charge in [-0.15, -0.1) is 11.3 Å². The average Bonchev–Trinajstić information content (AvgIpc) is 3.66. The number of hydrogen-bond donors (Lipinski definition) is 2. The Morgan fingerprint density at radius 2 is 1.79 bits per heavy atom. The summed E-state index contributed by atoms with van der Waals surface area (Å²) < 4.78 is 0. The van der Waals surface area contributed by atoms with Crippen molar-refractivity contribution >= 4 is 39.8 Å². The summed E-state index contributed by atoms with van der Waals surface area (Å²) >= 11 is 1.56. The van der Waals surface area contributed by atoms with E-state index in [1.807, 2.05) is 47.8 Å². The van der Waals surface area contributed by atoms with Crippen molar-refractivity contribution in [3.05, 3.63) is 70.4 Å². The van der Waals surface area contributed by atoms with E-state index in [1.165, 1.54) is 4.90 Å². The average molecular weight is 535 g/mol. The van der Waals surface area contributed by atoms with E-state index in [2.05, 4.69) is 22.8 Å². The summed E-state index contributed by atoms with van der Waals surface area (Å²) in [5, 5.41) is 10.3. The number of hydrogen-bond acceptors (Lipinski definition) is 5. The molecule has 7 nitrogen and oxygen atoms in total. The lowest BCUT2D eigenvalue weighted by atomic mass is 9.98. The first kappa shape index (κ1) is 27.8. The number of nitrogens with zero attached hydrogens (tertiary/aromatic N) is 2. The molecule has 2 aromatic carbocycles. The van der Waals surface area contributed by atoms with Gasteiger partial charge in [0.15, 0.2) is 0 Å². The Balaban J connectivity index is 1.58. The molecule has 202 valence electrons. The van der Waals surface area contributed by atoms with Gasteiger partial charge in [-0.2, -0.15) is 0 Å². The Labute approximate surface area is 229 Å². The van der Waals surface area contributed by atoms with Gasteiger partial charge in [0.25, 0.3) is 0 Å². The first-order chi connectivity index (χ1) is 18.4. The molecule has 0 saturated carbocycles. The number of carbonyl (C=O) groups is 3. The van der Waals surface area contributed by atoms with Crippen LogP contribution in [0.15, 0.2) is 60.0 Å². The van der Waals surface area contributed by atoms with E-state index in [0.29, 0.717) is 25.3 Å². The van der Waals surface area contributed by atoms with Crippen LogP contribution in [0.3, 0.4) is 0 Å². The highest BCUT2D eigenvalue weighted by Crippen LogP contribution is 2.21. The lowest BCUT2D eigenvalue weighted by molar-refractivity contribution is -0.147. The number of likely N-dealkylation sites (N-methyl/N-ethyl adjacent to an activating group) is 3. The molecule has 3 amide bonds. The summed E-state index contributed by atoms with van der Waals surface area (Å²) in [6.07, 6.45) is 4.15. The van der Waals surface area contributed by atoms with Crippen molar-refractivity contribution in [3.63, 3.8) is 0 Å². The Morgan fingerprint density at radius 1 is 1.00 bits per heavy atom. The van der Waals surface area contributed by atoms with E-state index in [-0.39, 0.29) is 17.7 Å². The van der Waals surface area contributed by atoms with Gasteiger partial charge in [-0.25, -0.2) is 0 Å². The highest BCUT2D eigenvalue weighted by Gasteiger charge is 2.35. The van der Waals surface area contributed by atoms with Crippen LogP contribution in [0.5, 0.6) is 0 Å². The maximum absolute atomic E-state index is 14.1. The van der Waals surface area contributed by atoms with Gasteiger partial charge in [-0.05, 0) is 53.6 Å². The van der Waals surface area contributed by atoms with Crippen LogP contribution in [-0.4, -0.2) is 73.3 Å². The standard InChI is InChI=1S/C30H38N4O3S/c1-31-29(36)26(20-25-11-7-17-38-25)34(3)30(37)27(33(2)28(35)15-14-24-10-6-16-32-24)19-21-12-13-22-8-4-5-9-23(22)18-21/h4-5,7-9,11-13,17-18,24,26-27,32H,6,10,14-16,19-20H2,1-3H3,(H,31,36)/t24-,26+,27+/m0/s1. The van der Waals surface area contributed by atoms with Gasteiger partial charge in [0, 0.05) is 51.3 Å². The minimum absolute atomic E-state index is 0.0546. The molecule has 3 aromatic rings. The second-order valence-electron chi connectivity index (χ2n) is 10.1. The second kappa shape index (κ2) is 13.0. The van der Waals surface area contributed by atoms with E-state index in [1.54, 1.807) is 37.4 Å². The number of rotatable bonds is 11. The summed E-state index contributed by atoms with van der Waals surface area (Å²) in [6.45, 7) is 0.994. The van der Waals surface area contributed by atoms with E-state index >= 15 is 0 Å². The van der Waals surface area contributed by atoms with Gasteiger partial charge in [0.1, 0.15) is 12.1 Å². The fourth-order valence-electron chi connectivity index (χ4n) is 5.21. The van der Waals surface area contributed by atoms with Gasteiger partial charge >= 0.3 is 0 Å². The van der Waals surface area contributed by atoms with Crippen LogP contribution in [0, 0.1) is 0 Å². The predicted octanol–water partition coefficient (Wildman–Crippen LogP) is 3.62. The lowest BCUT2D eigenvalue weighted by Gasteiger charge is -2.34. The first-order valence-electron chi connectivity index (χ1n) is 13.3. The Kier molecular flexibility index (Phi) is 9.53. The van der Waals surface area contributed by atoms with E-state index < -0.39 is 12.1 Å². The number of amides is 3. The SMILES string of the molecule is CNC(=O)[C@@H](Cc1cccs1)N(C)C(=O)[C@@H](Cc1ccc2ccccc2c1)N(C)C(=O)CC[C@@H]1CCCN1. The van der Waals surface area contributed by atoms with Gasteiger partial charge in [0.05, 0.1) is 0 Å². The molecule has 0 unspecified atom stereocenters. The summed E-state index contributed by atoms with van der Waals surface area (Å²) in [7, 11) is 4.97. The lowest BCUT2D eigenvalue weighted by Crippen LogP contribution is -2.55. The molecule has 8 heteroatoms. The third-order valence-corrected chi connectivity index (χ3v) is 8.50. The van der Waals surface area contributed by atoms with Crippen molar-refractivity contribution in [2.24, 2.45) is 0 Å². The fraction of sp³-hybridized carbons (Fsp3) is 0.433. The van der Waals surface area contributed by atoms with Crippen LogP contribution >= 0.6 is 11.3 Å². The topological polar surface area (TPSA) is 81.8 Å². The smallest absolute Gasteiger partial charge is 0.246 e. The maximum atomic E-state index is 14.1. The van der Waals surface area contributed by atoms with Gasteiger partial charge in [0.2, 0.25) is 17.7 Å². The van der Waals surface area contributed by atoms with Crippen molar-refractivity contribution < 1.29 is 14.4 Å². The fourth-order valence-corrected chi connectivity index (χ4v) is 5.95. The molecule has 1 aliphatic heterocycles. The number of fused-ring (bicyclic) bond motifs is 1. The zero-order valence-electron chi connectivity index (χ0n) is 22.5. The Hall–Kier alpha value is -3.23. The van der Waals surface area contributed by atoms with Crippen molar-refractivity contribution in [3.8, 4) is 0 Å². The molecule has 1 aliphatic rings. The molecule has 1 aromatic heterocycles. The minimum atomic E-state index is -0.722. The number of thiophene rings is 1. The molecule has 0 bridgehead atoms. The van der Waals surface area contributed by atoms with Crippen molar-refractivity contribution in [2.75, 3.05) is 27.7 Å². The van der Waals surface area contributed by atoms with Crippen molar-refractivity contribution in [1.82, 2.24) is 20.4 Å². The zero-order valence-corrected chi connectivity index (χ0v) is 23.3. The highest BCUT2D eigenvalue weighted by molar-refractivity contribution is 7.09. The normalized spacial score (nSPS) is 16.7. The molecule has 1 saturated heterocycles. The third-order valence-electron chi connectivity index (χ3n) is 7.60. The molecular weight excluding hydrogens is 496 g/mol.